The number of esters is 1. The fraction of sp³-hybridized carbons (Fsp3) is 0.778. The van der Waals surface area contributed by atoms with Gasteiger partial charge < -0.3 is 15.6 Å². The number of hydrogen-bond acceptors (Lipinski definition) is 5. The number of carbonyl (C=O) groups excluding carboxylic acids is 1. The van der Waals surface area contributed by atoms with Crippen LogP contribution in [0.1, 0.15) is 19.8 Å². The summed E-state index contributed by atoms with van der Waals surface area (Å²) in [6.45, 7) is 1.86. The highest BCUT2D eigenvalue weighted by molar-refractivity contribution is 5.81. The fourth-order valence-corrected chi connectivity index (χ4v) is 1.05. The Morgan fingerprint density at radius 1 is 1.47 bits per heavy atom. The fourth-order valence-electron chi connectivity index (χ4n) is 1.05. The molecule has 0 aliphatic heterocycles. The molecule has 0 spiro atoms. The van der Waals surface area contributed by atoms with E-state index < -0.39 is 24.4 Å². The van der Waals surface area contributed by atoms with E-state index in [9.17, 15) is 9.59 Å². The summed E-state index contributed by atoms with van der Waals surface area (Å²) in [4.78, 5) is 23.3. The van der Waals surface area contributed by atoms with E-state index in [1.807, 2.05) is 6.92 Å². The van der Waals surface area contributed by atoms with Crippen LogP contribution in [0.25, 0.3) is 0 Å². The van der Waals surface area contributed by atoms with E-state index in [-0.39, 0.29) is 6.23 Å². The highest BCUT2D eigenvalue weighted by atomic mass is 16.6. The van der Waals surface area contributed by atoms with E-state index in [2.05, 4.69) is 0 Å². The summed E-state index contributed by atoms with van der Waals surface area (Å²) in [6, 6.07) is -1.10. The smallest absolute Gasteiger partial charge is 0.325 e. The first kappa shape index (κ1) is 13.9. The summed E-state index contributed by atoms with van der Waals surface area (Å²) in [7, 11) is 3.54. The first-order chi connectivity index (χ1) is 6.88. The zero-order valence-corrected chi connectivity index (χ0v) is 9.27. The number of nitrogens with two attached hydrogens (primary N) is 1. The van der Waals surface area contributed by atoms with Gasteiger partial charge in [-0.15, -0.1) is 0 Å². The largest absolute Gasteiger partial charge is 0.481 e. The van der Waals surface area contributed by atoms with Crippen LogP contribution < -0.4 is 5.73 Å². The molecule has 0 amide bonds. The second-order valence-corrected chi connectivity index (χ2v) is 3.47. The molecule has 0 aromatic carbocycles. The average Bonchev–Trinajstić information content (AvgIpc) is 2.11. The molecule has 0 aromatic heterocycles. The molecule has 6 heteroatoms. The third-order valence-corrected chi connectivity index (χ3v) is 1.87. The van der Waals surface area contributed by atoms with Gasteiger partial charge in [-0.3, -0.25) is 14.5 Å². The van der Waals surface area contributed by atoms with Crippen molar-refractivity contribution in [3.8, 4) is 0 Å². The zero-order chi connectivity index (χ0) is 12.0. The van der Waals surface area contributed by atoms with E-state index in [0.717, 1.165) is 0 Å². The third kappa shape index (κ3) is 5.34. The van der Waals surface area contributed by atoms with Crippen molar-refractivity contribution in [2.45, 2.75) is 32.0 Å². The van der Waals surface area contributed by atoms with Gasteiger partial charge in [-0.05, 0) is 20.5 Å². The van der Waals surface area contributed by atoms with Crippen molar-refractivity contribution in [2.75, 3.05) is 14.1 Å². The molecule has 88 valence electrons. The van der Waals surface area contributed by atoms with Gasteiger partial charge in [0.05, 0.1) is 6.42 Å². The number of carbonyl (C=O) groups is 2. The van der Waals surface area contributed by atoms with Gasteiger partial charge in [0.1, 0.15) is 6.04 Å². The Balaban J connectivity index is 4.15. The Bertz CT molecular complexity index is 230. The van der Waals surface area contributed by atoms with Crippen LogP contribution in [0, 0.1) is 0 Å². The number of carboxylic acid groups (broad SMARTS) is 1. The molecular formula is C9H18N2O4. The Morgan fingerprint density at radius 3 is 2.33 bits per heavy atom. The second kappa shape index (κ2) is 6.36. The molecule has 0 aromatic rings. The van der Waals surface area contributed by atoms with Gasteiger partial charge in [0.2, 0.25) is 0 Å². The van der Waals surface area contributed by atoms with Gasteiger partial charge in [0.25, 0.3) is 0 Å². The predicted molar refractivity (Wildman–Crippen MR) is 54.1 cm³/mol. The molecule has 0 saturated heterocycles. The quantitative estimate of drug-likeness (QED) is 0.466. The number of hydrogen-bond donors (Lipinski definition) is 2. The van der Waals surface area contributed by atoms with Crippen molar-refractivity contribution in [1.29, 1.82) is 0 Å². The molecule has 0 aliphatic carbocycles. The van der Waals surface area contributed by atoms with Gasteiger partial charge in [0.15, 0.2) is 6.23 Å². The normalized spacial score (nSPS) is 14.7. The maximum absolute atomic E-state index is 11.3. The molecule has 6 nitrogen and oxygen atoms in total. The minimum atomic E-state index is -1.11. The van der Waals surface area contributed by atoms with Crippen LogP contribution in [-0.2, 0) is 14.3 Å². The van der Waals surface area contributed by atoms with Gasteiger partial charge in [-0.1, -0.05) is 6.92 Å². The number of ether oxygens (including phenoxy) is 1. The molecule has 2 unspecified atom stereocenters. The number of carboxylic acids is 1. The van der Waals surface area contributed by atoms with Crippen molar-refractivity contribution in [2.24, 2.45) is 5.73 Å². The molecule has 2 atom stereocenters. The van der Waals surface area contributed by atoms with Crippen molar-refractivity contribution >= 4 is 11.9 Å². The molecule has 0 aliphatic rings. The SMILES string of the molecule is CCC(OC(=O)C(N)CC(=O)O)N(C)C. The van der Waals surface area contributed by atoms with Crippen LogP contribution in [0.5, 0.6) is 0 Å². The van der Waals surface area contributed by atoms with Crippen molar-refractivity contribution in [3.63, 3.8) is 0 Å². The topological polar surface area (TPSA) is 92.9 Å². The van der Waals surface area contributed by atoms with E-state index >= 15 is 0 Å². The lowest BCUT2D eigenvalue weighted by Crippen LogP contribution is -2.40. The minimum Gasteiger partial charge on any atom is -0.481 e. The lowest BCUT2D eigenvalue weighted by molar-refractivity contribution is -0.161. The Hall–Kier alpha value is -1.14. The summed E-state index contributed by atoms with van der Waals surface area (Å²) in [6.07, 6.45) is -0.154. The van der Waals surface area contributed by atoms with Gasteiger partial charge in [-0.2, -0.15) is 0 Å². The molecular weight excluding hydrogens is 200 g/mol. The molecule has 0 rings (SSSR count). The van der Waals surface area contributed by atoms with Crippen LogP contribution >= 0.6 is 0 Å². The Morgan fingerprint density at radius 2 is 2.00 bits per heavy atom. The number of rotatable bonds is 6. The van der Waals surface area contributed by atoms with E-state index in [0.29, 0.717) is 6.42 Å². The zero-order valence-electron chi connectivity index (χ0n) is 9.27. The maximum atomic E-state index is 11.3. The van der Waals surface area contributed by atoms with Crippen LogP contribution in [0.3, 0.4) is 0 Å². The summed E-state index contributed by atoms with van der Waals surface area (Å²) in [5.41, 5.74) is 5.35. The van der Waals surface area contributed by atoms with E-state index in [1.165, 1.54) is 0 Å². The molecule has 0 saturated carbocycles. The number of aliphatic carboxylic acids is 1. The van der Waals surface area contributed by atoms with Crippen molar-refractivity contribution in [3.05, 3.63) is 0 Å². The summed E-state index contributed by atoms with van der Waals surface area (Å²) in [5.74, 6) is -1.80. The maximum Gasteiger partial charge on any atom is 0.325 e. The third-order valence-electron chi connectivity index (χ3n) is 1.87. The van der Waals surface area contributed by atoms with Crippen LogP contribution in [0.4, 0.5) is 0 Å². The highest BCUT2D eigenvalue weighted by Crippen LogP contribution is 2.03. The molecule has 3 N–H and O–H groups in total. The molecule has 0 radical (unpaired) electrons. The standard InChI is InChI=1S/C9H18N2O4/c1-4-7(11(2)3)15-9(14)6(10)5-8(12)13/h6-7H,4-5,10H2,1-3H3,(H,12,13). The van der Waals surface area contributed by atoms with E-state index in [4.69, 9.17) is 15.6 Å². The summed E-state index contributed by atoms with van der Waals surface area (Å²) < 4.78 is 5.02. The average molecular weight is 218 g/mol. The first-order valence-corrected chi connectivity index (χ1v) is 4.72. The van der Waals surface area contributed by atoms with Crippen LogP contribution in [-0.4, -0.2) is 48.3 Å². The number of nitrogens with zero attached hydrogens (tertiary/aromatic N) is 1. The van der Waals surface area contributed by atoms with Crippen molar-refractivity contribution < 1.29 is 19.4 Å². The molecule has 0 heterocycles. The molecule has 0 bridgehead atoms. The first-order valence-electron chi connectivity index (χ1n) is 4.72. The summed E-state index contributed by atoms with van der Waals surface area (Å²) in [5, 5.41) is 8.44. The van der Waals surface area contributed by atoms with E-state index in [1.54, 1.807) is 19.0 Å². The monoisotopic (exact) mass is 218 g/mol. The second-order valence-electron chi connectivity index (χ2n) is 3.47. The lowest BCUT2D eigenvalue weighted by atomic mass is 10.2. The molecule has 15 heavy (non-hydrogen) atoms. The van der Waals surface area contributed by atoms with Crippen LogP contribution in [0.2, 0.25) is 0 Å². The minimum absolute atomic E-state index is 0.364. The van der Waals surface area contributed by atoms with Gasteiger partial charge >= 0.3 is 11.9 Å². The van der Waals surface area contributed by atoms with Gasteiger partial charge in [0, 0.05) is 0 Å². The Kier molecular flexibility index (Phi) is 5.88. The summed E-state index contributed by atoms with van der Waals surface area (Å²) >= 11 is 0. The highest BCUT2D eigenvalue weighted by Gasteiger charge is 2.22. The Labute approximate surface area is 89.0 Å². The van der Waals surface area contributed by atoms with Crippen molar-refractivity contribution in [1.82, 2.24) is 4.90 Å². The molecule has 0 fully saturated rings. The van der Waals surface area contributed by atoms with Crippen LogP contribution in [0.15, 0.2) is 0 Å². The lowest BCUT2D eigenvalue weighted by Gasteiger charge is -2.24. The predicted octanol–water partition coefficient (Wildman–Crippen LogP) is -0.371. The van der Waals surface area contributed by atoms with Gasteiger partial charge in [-0.25, -0.2) is 0 Å².